The van der Waals surface area contributed by atoms with Crippen LogP contribution in [0.5, 0.6) is 0 Å². The topological polar surface area (TPSA) is 108 Å². The lowest BCUT2D eigenvalue weighted by molar-refractivity contribution is 0.120. The number of nitriles is 1. The highest BCUT2D eigenvalue weighted by atomic mass is 32.2. The van der Waals surface area contributed by atoms with Crippen LogP contribution in [0, 0.1) is 11.3 Å². The van der Waals surface area contributed by atoms with E-state index in [4.69, 9.17) is 9.15 Å². The maximum absolute atomic E-state index is 12.6. The van der Waals surface area contributed by atoms with Gasteiger partial charge in [-0.2, -0.15) is 14.6 Å². The van der Waals surface area contributed by atoms with Gasteiger partial charge in [-0.15, -0.1) is 0 Å². The number of aromatic nitrogens is 1. The molecule has 0 spiro atoms. The zero-order valence-electron chi connectivity index (χ0n) is 15.4. The van der Waals surface area contributed by atoms with Crippen molar-refractivity contribution in [1.29, 1.82) is 5.26 Å². The summed E-state index contributed by atoms with van der Waals surface area (Å²) in [5.41, 5.74) is 0.781. The predicted molar refractivity (Wildman–Crippen MR) is 102 cm³/mol. The Labute approximate surface area is 164 Å². The van der Waals surface area contributed by atoms with Crippen LogP contribution in [-0.4, -0.2) is 50.1 Å². The summed E-state index contributed by atoms with van der Waals surface area (Å²) in [5, 5.41) is 12.4. The number of anilines is 1. The molecule has 148 valence electrons. The monoisotopic (exact) mass is 402 g/mol. The number of nitrogens with one attached hydrogen (secondary N) is 1. The fraction of sp³-hybridized carbons (Fsp3) is 0.474. The molecule has 28 heavy (non-hydrogen) atoms. The van der Waals surface area contributed by atoms with E-state index in [2.05, 4.69) is 10.3 Å². The minimum absolute atomic E-state index is 0.107. The standard InChI is InChI=1S/C19H22N4O4S/c20-12-17-19(21-13-15-4-3-11-26-15)27-18(22-17)14-5-7-16(8-6-14)28(24,25)23-9-1-2-10-23/h5-8,15,21H,1-4,9-11,13H2/t15-/m1/s1. The van der Waals surface area contributed by atoms with Crippen molar-refractivity contribution in [2.24, 2.45) is 0 Å². The van der Waals surface area contributed by atoms with Crippen molar-refractivity contribution in [2.45, 2.75) is 36.7 Å². The summed E-state index contributed by atoms with van der Waals surface area (Å²) in [6.45, 7) is 2.44. The highest BCUT2D eigenvalue weighted by molar-refractivity contribution is 7.89. The second-order valence-electron chi connectivity index (χ2n) is 6.96. The average Bonchev–Trinajstić information content (AvgIpc) is 3.48. The number of oxazole rings is 1. The van der Waals surface area contributed by atoms with Crippen LogP contribution in [0.4, 0.5) is 5.88 Å². The van der Waals surface area contributed by atoms with Crippen molar-refractivity contribution in [1.82, 2.24) is 9.29 Å². The third kappa shape index (κ3) is 3.76. The first-order valence-electron chi connectivity index (χ1n) is 9.45. The maximum atomic E-state index is 12.6. The number of ether oxygens (including phenoxy) is 1. The smallest absolute Gasteiger partial charge is 0.243 e. The van der Waals surface area contributed by atoms with Crippen molar-refractivity contribution >= 4 is 15.9 Å². The van der Waals surface area contributed by atoms with Gasteiger partial charge in [0.2, 0.25) is 27.5 Å². The minimum Gasteiger partial charge on any atom is -0.419 e. The number of rotatable bonds is 6. The molecular formula is C19H22N4O4S. The van der Waals surface area contributed by atoms with Crippen molar-refractivity contribution in [2.75, 3.05) is 31.6 Å². The summed E-state index contributed by atoms with van der Waals surface area (Å²) in [6.07, 6.45) is 3.91. The molecule has 2 fully saturated rings. The Morgan fingerprint density at radius 2 is 1.96 bits per heavy atom. The molecule has 8 nitrogen and oxygen atoms in total. The van der Waals surface area contributed by atoms with Gasteiger partial charge in [0.05, 0.1) is 11.0 Å². The van der Waals surface area contributed by atoms with E-state index in [0.29, 0.717) is 31.1 Å². The molecule has 0 radical (unpaired) electrons. The molecule has 1 atom stereocenters. The number of nitrogens with zero attached hydrogens (tertiary/aromatic N) is 3. The van der Waals surface area contributed by atoms with Gasteiger partial charge in [-0.05, 0) is 49.9 Å². The molecule has 2 aromatic rings. The molecule has 2 aliphatic heterocycles. The molecule has 4 rings (SSSR count). The molecule has 9 heteroatoms. The second kappa shape index (κ2) is 7.91. The lowest BCUT2D eigenvalue weighted by Gasteiger charge is -2.15. The van der Waals surface area contributed by atoms with Crippen LogP contribution >= 0.6 is 0 Å². The summed E-state index contributed by atoms with van der Waals surface area (Å²) in [4.78, 5) is 4.47. The van der Waals surface area contributed by atoms with Crippen LogP contribution in [0.25, 0.3) is 11.5 Å². The largest absolute Gasteiger partial charge is 0.419 e. The Balaban J connectivity index is 1.51. The van der Waals surface area contributed by atoms with E-state index in [0.717, 1.165) is 32.3 Å². The first-order valence-corrected chi connectivity index (χ1v) is 10.9. The number of sulfonamides is 1. The summed E-state index contributed by atoms with van der Waals surface area (Å²) >= 11 is 0. The van der Waals surface area contributed by atoms with E-state index in [-0.39, 0.29) is 22.6 Å². The van der Waals surface area contributed by atoms with Crippen molar-refractivity contribution < 1.29 is 17.6 Å². The fourth-order valence-corrected chi connectivity index (χ4v) is 5.02. The molecule has 0 amide bonds. The van der Waals surface area contributed by atoms with Crippen LogP contribution in [-0.2, 0) is 14.8 Å². The number of hydrogen-bond acceptors (Lipinski definition) is 7. The molecule has 3 heterocycles. The predicted octanol–water partition coefficient (Wildman–Crippen LogP) is 2.59. The molecule has 1 aromatic heterocycles. The van der Waals surface area contributed by atoms with Gasteiger partial charge in [-0.1, -0.05) is 0 Å². The molecule has 2 aliphatic rings. The Hall–Kier alpha value is -2.41. The Morgan fingerprint density at radius 1 is 1.21 bits per heavy atom. The molecule has 2 saturated heterocycles. The molecule has 1 aromatic carbocycles. The second-order valence-corrected chi connectivity index (χ2v) is 8.90. The molecule has 0 aliphatic carbocycles. The normalized spacial score (nSPS) is 20.3. The van der Waals surface area contributed by atoms with Crippen molar-refractivity contribution in [3.05, 3.63) is 30.0 Å². The summed E-state index contributed by atoms with van der Waals surface area (Å²) < 4.78 is 38.0. The van der Waals surface area contributed by atoms with Crippen LogP contribution in [0.2, 0.25) is 0 Å². The summed E-state index contributed by atoms with van der Waals surface area (Å²) in [7, 11) is -3.46. The van der Waals surface area contributed by atoms with Crippen LogP contribution < -0.4 is 5.32 Å². The SMILES string of the molecule is N#Cc1nc(-c2ccc(S(=O)(=O)N3CCCC3)cc2)oc1NC[C@H]1CCCO1. The zero-order chi connectivity index (χ0) is 19.6. The number of benzene rings is 1. The van der Waals surface area contributed by atoms with Gasteiger partial charge in [0.1, 0.15) is 6.07 Å². The van der Waals surface area contributed by atoms with Gasteiger partial charge in [0.25, 0.3) is 0 Å². The van der Waals surface area contributed by atoms with E-state index in [9.17, 15) is 13.7 Å². The average molecular weight is 402 g/mol. The molecule has 1 N–H and O–H groups in total. The van der Waals surface area contributed by atoms with Gasteiger partial charge in [0, 0.05) is 31.8 Å². The zero-order valence-corrected chi connectivity index (χ0v) is 16.2. The van der Waals surface area contributed by atoms with Crippen LogP contribution in [0.1, 0.15) is 31.4 Å². The lowest BCUT2D eigenvalue weighted by Crippen LogP contribution is -2.27. The fourth-order valence-electron chi connectivity index (χ4n) is 3.50. The van der Waals surface area contributed by atoms with Crippen molar-refractivity contribution in [3.63, 3.8) is 0 Å². The van der Waals surface area contributed by atoms with Gasteiger partial charge < -0.3 is 14.5 Å². The third-order valence-electron chi connectivity index (χ3n) is 5.05. The van der Waals surface area contributed by atoms with E-state index in [1.165, 1.54) is 4.31 Å². The third-order valence-corrected chi connectivity index (χ3v) is 6.96. The van der Waals surface area contributed by atoms with E-state index in [1.807, 2.05) is 6.07 Å². The summed E-state index contributed by atoms with van der Waals surface area (Å²) in [6, 6.07) is 8.44. The summed E-state index contributed by atoms with van der Waals surface area (Å²) in [5.74, 6) is 0.582. The minimum atomic E-state index is -3.46. The Kier molecular flexibility index (Phi) is 5.35. The van der Waals surface area contributed by atoms with Gasteiger partial charge >= 0.3 is 0 Å². The van der Waals surface area contributed by atoms with Crippen molar-refractivity contribution in [3.8, 4) is 17.5 Å². The Bertz CT molecular complexity index is 966. The highest BCUT2D eigenvalue weighted by Crippen LogP contribution is 2.28. The van der Waals surface area contributed by atoms with E-state index >= 15 is 0 Å². The first-order chi connectivity index (χ1) is 13.6. The van der Waals surface area contributed by atoms with Crippen LogP contribution in [0.15, 0.2) is 33.6 Å². The Morgan fingerprint density at radius 3 is 2.61 bits per heavy atom. The molecule has 0 bridgehead atoms. The van der Waals surface area contributed by atoms with Gasteiger partial charge in [-0.25, -0.2) is 8.42 Å². The molecule has 0 saturated carbocycles. The van der Waals surface area contributed by atoms with Gasteiger partial charge in [0.15, 0.2) is 0 Å². The van der Waals surface area contributed by atoms with E-state index < -0.39 is 10.0 Å². The maximum Gasteiger partial charge on any atom is 0.243 e. The molecule has 0 unspecified atom stereocenters. The van der Waals surface area contributed by atoms with E-state index in [1.54, 1.807) is 24.3 Å². The highest BCUT2D eigenvalue weighted by Gasteiger charge is 2.27. The molecular weight excluding hydrogens is 380 g/mol. The van der Waals surface area contributed by atoms with Crippen LogP contribution in [0.3, 0.4) is 0 Å². The quantitative estimate of drug-likeness (QED) is 0.791. The first kappa shape index (κ1) is 18.9. The van der Waals surface area contributed by atoms with Gasteiger partial charge in [-0.3, -0.25) is 0 Å². The lowest BCUT2D eigenvalue weighted by atomic mass is 10.2. The number of hydrogen-bond donors (Lipinski definition) is 1.